The van der Waals surface area contributed by atoms with Crippen molar-refractivity contribution >= 4 is 34.8 Å². The number of carbonyl (C=O) groups excluding carboxylic acids is 2. The number of Topliss-reactive ketones (excluding diaryl/α,β-unsaturated/α-hetero) is 2. The lowest BCUT2D eigenvalue weighted by atomic mass is 9.76. The Bertz CT molecular complexity index is 2400. The SMILES string of the molecule is COc1cc2c(cc1OCc1cc(COc3cc(NC[C@@H](C)Cc4ccccc4C)c(C(C)=O)cc3OC)cc(NC(C)C)c1)/N=C\C(Cc1ccccc1C)C(C)C(C)C2=O. The fourth-order valence-electron chi connectivity index (χ4n) is 8.13. The molecule has 5 aromatic carbocycles. The first-order chi connectivity index (χ1) is 29.7. The number of benzene rings is 5. The molecule has 5 aromatic rings. The Morgan fingerprint density at radius 2 is 1.35 bits per heavy atom. The number of hydrogen-bond acceptors (Lipinski definition) is 9. The van der Waals surface area contributed by atoms with Gasteiger partial charge in [0.05, 0.1) is 19.9 Å². The van der Waals surface area contributed by atoms with Gasteiger partial charge in [-0.2, -0.15) is 0 Å². The van der Waals surface area contributed by atoms with E-state index in [1.165, 1.54) is 22.3 Å². The Hall–Kier alpha value is -6.09. The summed E-state index contributed by atoms with van der Waals surface area (Å²) in [6, 6.07) is 30.4. The van der Waals surface area contributed by atoms with Gasteiger partial charge in [0.25, 0.3) is 0 Å². The summed E-state index contributed by atoms with van der Waals surface area (Å²) in [6.45, 7) is 17.5. The van der Waals surface area contributed by atoms with E-state index in [0.717, 1.165) is 29.7 Å². The van der Waals surface area contributed by atoms with Gasteiger partial charge in [0.2, 0.25) is 0 Å². The average molecular weight is 838 g/mol. The zero-order chi connectivity index (χ0) is 44.5. The number of aliphatic imine (C=N–C) groups is 1. The number of methoxy groups -OCH3 is 2. The van der Waals surface area contributed by atoms with Crippen LogP contribution in [0.5, 0.6) is 23.0 Å². The number of carbonyl (C=O) groups is 2. The van der Waals surface area contributed by atoms with Gasteiger partial charge in [-0.3, -0.25) is 14.6 Å². The van der Waals surface area contributed by atoms with Crippen LogP contribution in [0.15, 0.2) is 96.0 Å². The lowest BCUT2D eigenvalue weighted by molar-refractivity contribution is 0.0877. The fraction of sp³-hybridized carbons (Fsp3) is 0.377. The first kappa shape index (κ1) is 45.4. The molecule has 4 atom stereocenters. The number of nitrogens with one attached hydrogen (secondary N) is 2. The molecule has 1 aliphatic rings. The highest BCUT2D eigenvalue weighted by atomic mass is 16.5. The summed E-state index contributed by atoms with van der Waals surface area (Å²) in [7, 11) is 3.17. The third-order valence-electron chi connectivity index (χ3n) is 12.0. The molecular weight excluding hydrogens is 775 g/mol. The summed E-state index contributed by atoms with van der Waals surface area (Å²) in [5, 5.41) is 7.06. The standard InChI is InChI=1S/C53H63N3O6/c1-32(2)56-44-21-39(30-61-51-26-47(45(38(8)57)24-49(51)59-9)54-28-33(3)19-41-17-13-11-15-34(41)4)20-40(22-44)31-62-52-27-48-46(25-50(52)60-10)53(58)37(7)36(6)43(29-55-48)23-42-18-14-12-16-35(42)5/h11-18,20-22,24-27,29,32-33,36-37,43,54,56H,19,23,28,30-31H2,1-10H3/b55-29-/t33-,36?,37?,43?/m0/s1. The first-order valence-electron chi connectivity index (χ1n) is 21.8. The number of rotatable bonds is 18. The Balaban J connectivity index is 1.22. The zero-order valence-corrected chi connectivity index (χ0v) is 38.1. The van der Waals surface area contributed by atoms with E-state index < -0.39 is 0 Å². The molecule has 2 N–H and O–H groups in total. The lowest BCUT2D eigenvalue weighted by Crippen LogP contribution is -2.29. The maximum Gasteiger partial charge on any atom is 0.168 e. The van der Waals surface area contributed by atoms with Gasteiger partial charge in [-0.1, -0.05) is 69.3 Å². The van der Waals surface area contributed by atoms with E-state index in [9.17, 15) is 9.59 Å². The van der Waals surface area contributed by atoms with E-state index in [1.54, 1.807) is 33.3 Å². The Morgan fingerprint density at radius 1 is 0.758 bits per heavy atom. The number of hydrogen-bond donors (Lipinski definition) is 2. The van der Waals surface area contributed by atoms with Crippen molar-refractivity contribution in [1.82, 2.24) is 0 Å². The summed E-state index contributed by atoms with van der Waals surface area (Å²) >= 11 is 0. The van der Waals surface area contributed by atoms with E-state index in [4.69, 9.17) is 23.9 Å². The molecule has 0 aliphatic carbocycles. The minimum absolute atomic E-state index is 0.0456. The van der Waals surface area contributed by atoms with E-state index in [0.29, 0.717) is 58.0 Å². The summed E-state index contributed by atoms with van der Waals surface area (Å²) in [4.78, 5) is 31.7. The Labute approximate surface area is 368 Å². The zero-order valence-electron chi connectivity index (χ0n) is 38.1. The number of nitrogens with zero attached hydrogens (tertiary/aromatic N) is 1. The largest absolute Gasteiger partial charge is 0.493 e. The molecule has 9 nitrogen and oxygen atoms in total. The molecule has 0 bridgehead atoms. The fourth-order valence-corrected chi connectivity index (χ4v) is 8.13. The molecule has 0 radical (unpaired) electrons. The predicted octanol–water partition coefficient (Wildman–Crippen LogP) is 11.8. The van der Waals surface area contributed by atoms with E-state index in [2.05, 4.69) is 119 Å². The van der Waals surface area contributed by atoms with Crippen LogP contribution in [0.25, 0.3) is 0 Å². The minimum atomic E-state index is -0.212. The quantitative estimate of drug-likeness (QED) is 0.0840. The van der Waals surface area contributed by atoms with Gasteiger partial charge in [0.1, 0.15) is 13.2 Å². The highest BCUT2D eigenvalue weighted by Gasteiger charge is 2.32. The van der Waals surface area contributed by atoms with Gasteiger partial charge in [-0.15, -0.1) is 0 Å². The number of anilines is 2. The summed E-state index contributed by atoms with van der Waals surface area (Å²) in [6.07, 6.45) is 3.74. The molecule has 62 heavy (non-hydrogen) atoms. The molecule has 326 valence electrons. The maximum atomic E-state index is 14.0. The molecular formula is C53H63N3O6. The topological polar surface area (TPSA) is 107 Å². The van der Waals surface area contributed by atoms with E-state index >= 15 is 0 Å². The average Bonchev–Trinajstić information content (AvgIpc) is 3.25. The predicted molar refractivity (Wildman–Crippen MR) is 252 cm³/mol. The van der Waals surface area contributed by atoms with Gasteiger partial charge in [0, 0.05) is 65.3 Å². The minimum Gasteiger partial charge on any atom is -0.493 e. The highest BCUT2D eigenvalue weighted by Crippen LogP contribution is 2.40. The van der Waals surface area contributed by atoms with Gasteiger partial charge in [-0.05, 0) is 123 Å². The molecule has 0 aromatic heterocycles. The van der Waals surface area contributed by atoms with Crippen LogP contribution in [0, 0.1) is 37.5 Å². The van der Waals surface area contributed by atoms with Crippen molar-refractivity contribution in [3.05, 3.63) is 136 Å². The maximum absolute atomic E-state index is 14.0. The first-order valence-corrected chi connectivity index (χ1v) is 21.8. The number of aryl methyl sites for hydroxylation is 2. The van der Waals surface area contributed by atoms with Crippen LogP contribution in [-0.4, -0.2) is 44.6 Å². The van der Waals surface area contributed by atoms with E-state index in [1.807, 2.05) is 25.3 Å². The van der Waals surface area contributed by atoms with Gasteiger partial charge in [0.15, 0.2) is 34.6 Å². The third kappa shape index (κ3) is 11.2. The second-order valence-electron chi connectivity index (χ2n) is 17.2. The van der Waals surface area contributed by atoms with Gasteiger partial charge < -0.3 is 29.6 Å². The van der Waals surface area contributed by atoms with Crippen molar-refractivity contribution in [2.45, 2.75) is 87.5 Å². The van der Waals surface area contributed by atoms with E-state index in [-0.39, 0.29) is 48.6 Å². The lowest BCUT2D eigenvalue weighted by Gasteiger charge is -2.28. The normalized spacial score (nSPS) is 17.0. The molecule has 6 rings (SSSR count). The molecule has 0 saturated heterocycles. The van der Waals surface area contributed by atoms with Crippen molar-refractivity contribution < 1.29 is 28.5 Å². The second-order valence-corrected chi connectivity index (χ2v) is 17.2. The van der Waals surface area contributed by atoms with Gasteiger partial charge >= 0.3 is 0 Å². The number of ether oxygens (including phenoxy) is 4. The molecule has 1 heterocycles. The Kier molecular flexibility index (Phi) is 15.1. The molecule has 0 fully saturated rings. The van der Waals surface area contributed by atoms with Crippen LogP contribution in [-0.2, 0) is 26.1 Å². The molecule has 0 saturated carbocycles. The number of fused-ring (bicyclic) bond motifs is 1. The van der Waals surface area contributed by atoms with Crippen LogP contribution < -0.4 is 29.6 Å². The summed E-state index contributed by atoms with van der Waals surface area (Å²) in [5.41, 5.74) is 10.2. The molecule has 0 spiro atoms. The monoisotopic (exact) mass is 837 g/mol. The van der Waals surface area contributed by atoms with Crippen LogP contribution in [0.4, 0.5) is 17.1 Å². The van der Waals surface area contributed by atoms with Gasteiger partial charge in [-0.25, -0.2) is 0 Å². The van der Waals surface area contributed by atoms with Crippen LogP contribution in [0.2, 0.25) is 0 Å². The molecule has 3 unspecified atom stereocenters. The highest BCUT2D eigenvalue weighted by molar-refractivity contribution is 6.04. The smallest absolute Gasteiger partial charge is 0.168 e. The Morgan fingerprint density at radius 3 is 1.95 bits per heavy atom. The third-order valence-corrected chi connectivity index (χ3v) is 12.0. The summed E-state index contributed by atoms with van der Waals surface area (Å²) < 4.78 is 24.5. The van der Waals surface area contributed by atoms with Crippen molar-refractivity contribution in [1.29, 1.82) is 0 Å². The molecule has 0 amide bonds. The van der Waals surface area contributed by atoms with Crippen molar-refractivity contribution in [2.24, 2.45) is 28.7 Å². The van der Waals surface area contributed by atoms with Crippen molar-refractivity contribution in [3.63, 3.8) is 0 Å². The van der Waals surface area contributed by atoms with Crippen LogP contribution in [0.1, 0.15) is 95.6 Å². The number of ketones is 2. The molecule has 1 aliphatic heterocycles. The molecule has 9 heteroatoms. The van der Waals surface area contributed by atoms with Crippen LogP contribution in [0.3, 0.4) is 0 Å². The second kappa shape index (κ2) is 20.6. The summed E-state index contributed by atoms with van der Waals surface area (Å²) in [5.74, 6) is 2.24. The van der Waals surface area contributed by atoms with Crippen molar-refractivity contribution in [2.75, 3.05) is 31.4 Å². The van der Waals surface area contributed by atoms with Crippen LogP contribution >= 0.6 is 0 Å². The van der Waals surface area contributed by atoms with Crippen molar-refractivity contribution in [3.8, 4) is 23.0 Å².